The molecular formula is C10H14ClNOS. The lowest BCUT2D eigenvalue weighted by Gasteiger charge is -2.18. The van der Waals surface area contributed by atoms with Crippen LogP contribution in [-0.2, 0) is 11.0 Å². The predicted octanol–water partition coefficient (Wildman–Crippen LogP) is 3.21. The smallest absolute Gasteiger partial charge is 0.122 e. The molecule has 0 heterocycles. The SMILES string of the molecule is CC(C)(C)S(=O)Nc1ccc(Cl)cc1. The molecule has 1 N–H and O–H groups in total. The number of hydrogen-bond donors (Lipinski definition) is 1. The number of rotatable bonds is 2. The van der Waals surface area contributed by atoms with Gasteiger partial charge in [-0.2, -0.15) is 0 Å². The molecule has 0 radical (unpaired) electrons. The molecule has 0 saturated carbocycles. The van der Waals surface area contributed by atoms with Gasteiger partial charge in [0.1, 0.15) is 11.0 Å². The van der Waals surface area contributed by atoms with Crippen molar-refractivity contribution in [1.82, 2.24) is 0 Å². The van der Waals surface area contributed by atoms with E-state index in [4.69, 9.17) is 11.6 Å². The molecule has 0 aliphatic heterocycles. The topological polar surface area (TPSA) is 29.1 Å². The van der Waals surface area contributed by atoms with Crippen LogP contribution in [0.4, 0.5) is 5.69 Å². The Morgan fingerprint density at radius 1 is 1.21 bits per heavy atom. The summed E-state index contributed by atoms with van der Waals surface area (Å²) in [5.41, 5.74) is 0.822. The van der Waals surface area contributed by atoms with E-state index in [1.165, 1.54) is 0 Å². The van der Waals surface area contributed by atoms with Crippen LogP contribution in [0.5, 0.6) is 0 Å². The normalized spacial score (nSPS) is 13.7. The molecule has 0 bridgehead atoms. The van der Waals surface area contributed by atoms with E-state index in [0.717, 1.165) is 5.69 Å². The number of hydrogen-bond acceptors (Lipinski definition) is 1. The molecule has 1 rings (SSSR count). The Hall–Kier alpha value is -0.540. The number of benzene rings is 1. The molecule has 0 amide bonds. The van der Waals surface area contributed by atoms with E-state index in [-0.39, 0.29) is 4.75 Å². The zero-order valence-electron chi connectivity index (χ0n) is 8.50. The summed E-state index contributed by atoms with van der Waals surface area (Å²) in [7, 11) is -1.09. The molecule has 2 nitrogen and oxygen atoms in total. The van der Waals surface area contributed by atoms with Gasteiger partial charge in [-0.3, -0.25) is 0 Å². The van der Waals surface area contributed by atoms with E-state index < -0.39 is 11.0 Å². The van der Waals surface area contributed by atoms with E-state index in [9.17, 15) is 4.21 Å². The average molecular weight is 232 g/mol. The van der Waals surface area contributed by atoms with Crippen molar-refractivity contribution in [2.24, 2.45) is 0 Å². The van der Waals surface area contributed by atoms with Gasteiger partial charge in [-0.15, -0.1) is 0 Å². The third kappa shape index (κ3) is 3.31. The first-order valence-electron chi connectivity index (χ1n) is 4.34. The minimum absolute atomic E-state index is 0.264. The highest BCUT2D eigenvalue weighted by atomic mass is 35.5. The van der Waals surface area contributed by atoms with Crippen LogP contribution in [0.15, 0.2) is 24.3 Å². The van der Waals surface area contributed by atoms with Crippen LogP contribution in [-0.4, -0.2) is 8.96 Å². The first-order valence-corrected chi connectivity index (χ1v) is 5.86. The van der Waals surface area contributed by atoms with Crippen LogP contribution in [0.1, 0.15) is 20.8 Å². The standard InChI is InChI=1S/C10H14ClNOS/c1-10(2,3)14(13)12-9-6-4-8(11)5-7-9/h4-7,12H,1-3H3. The zero-order valence-corrected chi connectivity index (χ0v) is 10.1. The highest BCUT2D eigenvalue weighted by Gasteiger charge is 2.19. The Morgan fingerprint density at radius 3 is 2.14 bits per heavy atom. The van der Waals surface area contributed by atoms with Crippen molar-refractivity contribution in [2.75, 3.05) is 4.72 Å². The molecule has 4 heteroatoms. The van der Waals surface area contributed by atoms with Crippen molar-refractivity contribution in [3.05, 3.63) is 29.3 Å². The second kappa shape index (κ2) is 4.32. The molecule has 0 aromatic heterocycles. The molecule has 1 atom stereocenters. The number of anilines is 1. The van der Waals surface area contributed by atoms with Gasteiger partial charge in [0, 0.05) is 10.7 Å². The summed E-state index contributed by atoms with van der Waals surface area (Å²) in [5, 5.41) is 0.678. The van der Waals surface area contributed by atoms with Crippen LogP contribution in [0.3, 0.4) is 0 Å². The highest BCUT2D eigenvalue weighted by molar-refractivity contribution is 7.87. The fourth-order valence-electron chi connectivity index (χ4n) is 0.778. The van der Waals surface area contributed by atoms with Gasteiger partial charge in [-0.05, 0) is 45.0 Å². The first-order chi connectivity index (χ1) is 6.39. The van der Waals surface area contributed by atoms with Crippen molar-refractivity contribution in [1.29, 1.82) is 0 Å². The van der Waals surface area contributed by atoms with E-state index in [1.807, 2.05) is 32.9 Å². The maximum atomic E-state index is 11.7. The minimum atomic E-state index is -1.09. The lowest BCUT2D eigenvalue weighted by Crippen LogP contribution is -2.27. The monoisotopic (exact) mass is 231 g/mol. The van der Waals surface area contributed by atoms with Crippen LogP contribution in [0.25, 0.3) is 0 Å². The average Bonchev–Trinajstić information content (AvgIpc) is 2.07. The molecule has 0 spiro atoms. The second-order valence-electron chi connectivity index (χ2n) is 3.99. The highest BCUT2D eigenvalue weighted by Crippen LogP contribution is 2.17. The van der Waals surface area contributed by atoms with Gasteiger partial charge in [0.05, 0.1) is 4.75 Å². The van der Waals surface area contributed by atoms with Crippen molar-refractivity contribution in [3.63, 3.8) is 0 Å². The Kier molecular flexibility index (Phi) is 3.56. The van der Waals surface area contributed by atoms with Crippen molar-refractivity contribution >= 4 is 28.3 Å². The van der Waals surface area contributed by atoms with Gasteiger partial charge in [0.2, 0.25) is 0 Å². The maximum absolute atomic E-state index is 11.7. The first kappa shape index (κ1) is 11.5. The van der Waals surface area contributed by atoms with Crippen LogP contribution in [0, 0.1) is 0 Å². The predicted molar refractivity (Wildman–Crippen MR) is 63.0 cm³/mol. The molecular weight excluding hydrogens is 218 g/mol. The van der Waals surface area contributed by atoms with Crippen molar-refractivity contribution in [2.45, 2.75) is 25.5 Å². The Balaban J connectivity index is 2.71. The van der Waals surface area contributed by atoms with Crippen molar-refractivity contribution < 1.29 is 4.21 Å². The maximum Gasteiger partial charge on any atom is 0.122 e. The fourth-order valence-corrected chi connectivity index (χ4v) is 1.56. The third-order valence-corrected chi connectivity index (χ3v) is 3.40. The number of nitrogens with one attached hydrogen (secondary N) is 1. The molecule has 1 aromatic rings. The van der Waals surface area contributed by atoms with Gasteiger partial charge in [-0.1, -0.05) is 11.6 Å². The van der Waals surface area contributed by atoms with Gasteiger partial charge in [0.25, 0.3) is 0 Å². The van der Waals surface area contributed by atoms with Gasteiger partial charge >= 0.3 is 0 Å². The quantitative estimate of drug-likeness (QED) is 0.832. The molecule has 0 aliphatic carbocycles. The van der Waals surface area contributed by atoms with Gasteiger partial charge in [-0.25, -0.2) is 4.21 Å². The van der Waals surface area contributed by atoms with Crippen LogP contribution in [0.2, 0.25) is 5.02 Å². The van der Waals surface area contributed by atoms with Gasteiger partial charge in [0.15, 0.2) is 0 Å². The Morgan fingerprint density at radius 2 is 1.71 bits per heavy atom. The van der Waals surface area contributed by atoms with E-state index in [1.54, 1.807) is 12.1 Å². The van der Waals surface area contributed by atoms with Crippen LogP contribution < -0.4 is 4.72 Å². The van der Waals surface area contributed by atoms with E-state index in [0.29, 0.717) is 5.02 Å². The molecule has 1 aromatic carbocycles. The summed E-state index contributed by atoms with van der Waals surface area (Å²) in [6.07, 6.45) is 0. The van der Waals surface area contributed by atoms with E-state index >= 15 is 0 Å². The summed E-state index contributed by atoms with van der Waals surface area (Å²) in [4.78, 5) is 0. The Bertz CT molecular complexity index is 329. The summed E-state index contributed by atoms with van der Waals surface area (Å²) in [5.74, 6) is 0. The zero-order chi connectivity index (χ0) is 10.8. The summed E-state index contributed by atoms with van der Waals surface area (Å²) in [6.45, 7) is 5.77. The fraction of sp³-hybridized carbons (Fsp3) is 0.400. The molecule has 1 unspecified atom stereocenters. The number of halogens is 1. The van der Waals surface area contributed by atoms with E-state index in [2.05, 4.69) is 4.72 Å². The molecule has 14 heavy (non-hydrogen) atoms. The molecule has 0 fully saturated rings. The van der Waals surface area contributed by atoms with Crippen LogP contribution >= 0.6 is 11.6 Å². The summed E-state index contributed by atoms with van der Waals surface area (Å²) in [6, 6.07) is 7.16. The second-order valence-corrected chi connectivity index (χ2v) is 6.39. The lowest BCUT2D eigenvalue weighted by atomic mass is 10.3. The Labute approximate surface area is 92.3 Å². The summed E-state index contributed by atoms with van der Waals surface area (Å²) >= 11 is 5.73. The molecule has 0 saturated heterocycles. The third-order valence-electron chi connectivity index (χ3n) is 1.61. The largest absolute Gasteiger partial charge is 0.305 e. The lowest BCUT2D eigenvalue weighted by molar-refractivity contribution is 0.653. The molecule has 78 valence electrons. The van der Waals surface area contributed by atoms with Gasteiger partial charge < -0.3 is 4.72 Å². The van der Waals surface area contributed by atoms with Crippen molar-refractivity contribution in [3.8, 4) is 0 Å². The molecule has 0 aliphatic rings. The summed E-state index contributed by atoms with van der Waals surface area (Å²) < 4.78 is 14.3. The minimum Gasteiger partial charge on any atom is -0.305 e.